The molecule has 0 bridgehead atoms. The third-order valence-electron chi connectivity index (χ3n) is 2.75. The summed E-state index contributed by atoms with van der Waals surface area (Å²) in [6.07, 6.45) is 0.618. The van der Waals surface area contributed by atoms with Crippen LogP contribution < -0.4 is 10.0 Å². The van der Waals surface area contributed by atoms with Gasteiger partial charge in [0.2, 0.25) is 10.0 Å². The van der Waals surface area contributed by atoms with E-state index < -0.39 is 10.0 Å². The highest BCUT2D eigenvalue weighted by atomic mass is 32.2. The highest BCUT2D eigenvalue weighted by molar-refractivity contribution is 7.91. The van der Waals surface area contributed by atoms with Gasteiger partial charge in [0.25, 0.3) is 0 Å². The number of thiophene rings is 1. The number of nitrogens with one attached hydrogen (secondary N) is 2. The Labute approximate surface area is 133 Å². The van der Waals surface area contributed by atoms with E-state index in [-0.39, 0.29) is 0 Å². The van der Waals surface area contributed by atoms with E-state index in [1.165, 1.54) is 11.3 Å². The van der Waals surface area contributed by atoms with Crippen molar-refractivity contribution in [2.45, 2.75) is 31.0 Å². The Morgan fingerprint density at radius 2 is 2.14 bits per heavy atom. The zero-order chi connectivity index (χ0) is 15.3. The highest BCUT2D eigenvalue weighted by Crippen LogP contribution is 2.21. The van der Waals surface area contributed by atoms with Gasteiger partial charge in [-0.3, -0.25) is 0 Å². The fraction of sp³-hybridized carbons (Fsp3) is 0.462. The lowest BCUT2D eigenvalue weighted by Crippen LogP contribution is -2.25. The molecule has 21 heavy (non-hydrogen) atoms. The lowest BCUT2D eigenvalue weighted by Gasteiger charge is -2.03. The molecule has 0 aromatic carbocycles. The molecule has 116 valence electrons. The van der Waals surface area contributed by atoms with Crippen molar-refractivity contribution in [1.82, 2.24) is 15.0 Å². The third-order valence-corrected chi connectivity index (χ3v) is 6.81. The minimum Gasteiger partial charge on any atom is -0.312 e. The first-order chi connectivity index (χ1) is 10.0. The van der Waals surface area contributed by atoms with E-state index >= 15 is 0 Å². The van der Waals surface area contributed by atoms with E-state index in [1.54, 1.807) is 17.4 Å². The first kappa shape index (κ1) is 16.6. The molecule has 0 aliphatic carbocycles. The van der Waals surface area contributed by atoms with Gasteiger partial charge in [0.15, 0.2) is 0 Å². The van der Waals surface area contributed by atoms with Gasteiger partial charge in [0, 0.05) is 35.5 Å². The molecule has 0 aliphatic heterocycles. The number of rotatable bonds is 8. The van der Waals surface area contributed by atoms with Crippen LogP contribution in [0.4, 0.5) is 0 Å². The minimum absolute atomic E-state index is 0.366. The van der Waals surface area contributed by atoms with Gasteiger partial charge in [-0.2, -0.15) is 0 Å². The predicted molar refractivity (Wildman–Crippen MR) is 87.4 cm³/mol. The summed E-state index contributed by atoms with van der Waals surface area (Å²) in [7, 11) is -3.41. The van der Waals surface area contributed by atoms with E-state index in [2.05, 4.69) is 15.0 Å². The van der Waals surface area contributed by atoms with Gasteiger partial charge in [0.05, 0.1) is 5.01 Å². The van der Waals surface area contributed by atoms with Gasteiger partial charge in [-0.25, -0.2) is 18.1 Å². The Kier molecular flexibility index (Phi) is 5.88. The quantitative estimate of drug-likeness (QED) is 0.769. The number of nitrogens with zero attached hydrogens (tertiary/aromatic N) is 1. The summed E-state index contributed by atoms with van der Waals surface area (Å²) in [6, 6.07) is 3.51. The number of aromatic nitrogens is 1. The van der Waals surface area contributed by atoms with Crippen LogP contribution in [-0.2, 0) is 23.0 Å². The molecular formula is C13H19N3O2S3. The van der Waals surface area contributed by atoms with E-state index in [1.807, 2.05) is 25.3 Å². The lowest BCUT2D eigenvalue weighted by atomic mass is 10.4. The van der Waals surface area contributed by atoms with Gasteiger partial charge < -0.3 is 5.32 Å². The van der Waals surface area contributed by atoms with Gasteiger partial charge in [-0.05, 0) is 25.6 Å². The molecule has 0 spiro atoms. The van der Waals surface area contributed by atoms with Crippen LogP contribution in [0.1, 0.15) is 22.5 Å². The topological polar surface area (TPSA) is 71.1 Å². The van der Waals surface area contributed by atoms with Gasteiger partial charge >= 0.3 is 0 Å². The maximum absolute atomic E-state index is 12.2. The largest absolute Gasteiger partial charge is 0.312 e. The van der Waals surface area contributed by atoms with E-state index in [9.17, 15) is 8.42 Å². The molecule has 2 N–H and O–H groups in total. The standard InChI is InChI=1S/C13H19N3O2S3/c1-3-14-8-11-4-5-13(20-11)21(17,18)15-7-6-12-16-10(2)9-19-12/h4-5,9,14-15H,3,6-8H2,1-2H3. The lowest BCUT2D eigenvalue weighted by molar-refractivity contribution is 0.583. The van der Waals surface area contributed by atoms with Crippen LogP contribution in [0.15, 0.2) is 21.7 Å². The number of hydrogen-bond acceptors (Lipinski definition) is 6. The molecule has 0 radical (unpaired) electrons. The second-order valence-electron chi connectivity index (χ2n) is 4.53. The molecule has 0 saturated heterocycles. The monoisotopic (exact) mass is 345 g/mol. The second kappa shape index (κ2) is 7.46. The number of thiazole rings is 1. The van der Waals surface area contributed by atoms with Crippen molar-refractivity contribution in [3.05, 3.63) is 33.1 Å². The second-order valence-corrected chi connectivity index (χ2v) is 8.64. The molecule has 0 aliphatic rings. The van der Waals surface area contributed by atoms with Crippen LogP contribution in [-0.4, -0.2) is 26.5 Å². The van der Waals surface area contributed by atoms with E-state index in [0.717, 1.165) is 22.1 Å². The van der Waals surface area contributed by atoms with Crippen molar-refractivity contribution in [2.24, 2.45) is 0 Å². The fourth-order valence-corrected chi connectivity index (χ4v) is 4.90. The van der Waals surface area contributed by atoms with Crippen LogP contribution in [0, 0.1) is 6.92 Å². The predicted octanol–water partition coefficient (Wildman–Crippen LogP) is 2.14. The van der Waals surface area contributed by atoms with Crippen molar-refractivity contribution in [3.8, 4) is 0 Å². The maximum atomic E-state index is 12.2. The molecule has 0 atom stereocenters. The molecule has 8 heteroatoms. The average molecular weight is 346 g/mol. The molecule has 2 heterocycles. The van der Waals surface area contributed by atoms with Crippen molar-refractivity contribution in [2.75, 3.05) is 13.1 Å². The fourth-order valence-electron chi connectivity index (χ4n) is 1.73. The summed E-state index contributed by atoms with van der Waals surface area (Å²) in [4.78, 5) is 5.34. The first-order valence-electron chi connectivity index (χ1n) is 6.71. The van der Waals surface area contributed by atoms with E-state index in [0.29, 0.717) is 23.7 Å². The van der Waals surface area contributed by atoms with Crippen LogP contribution in [0.3, 0.4) is 0 Å². The van der Waals surface area contributed by atoms with Crippen molar-refractivity contribution >= 4 is 32.7 Å². The van der Waals surface area contributed by atoms with Crippen LogP contribution >= 0.6 is 22.7 Å². The number of aryl methyl sites for hydroxylation is 1. The Balaban J connectivity index is 1.90. The Hall–Kier alpha value is -0.800. The smallest absolute Gasteiger partial charge is 0.250 e. The molecular weight excluding hydrogens is 326 g/mol. The Morgan fingerprint density at radius 3 is 2.81 bits per heavy atom. The third kappa shape index (κ3) is 4.86. The zero-order valence-electron chi connectivity index (χ0n) is 12.0. The molecule has 2 rings (SSSR count). The van der Waals surface area contributed by atoms with Crippen molar-refractivity contribution in [3.63, 3.8) is 0 Å². The normalized spacial score (nSPS) is 11.9. The van der Waals surface area contributed by atoms with Crippen LogP contribution in [0.2, 0.25) is 0 Å². The minimum atomic E-state index is -3.41. The molecule has 2 aromatic rings. The van der Waals surface area contributed by atoms with Gasteiger partial charge in [-0.1, -0.05) is 6.92 Å². The molecule has 2 aromatic heterocycles. The van der Waals surface area contributed by atoms with Gasteiger partial charge in [-0.15, -0.1) is 22.7 Å². The number of sulfonamides is 1. The molecule has 5 nitrogen and oxygen atoms in total. The summed E-state index contributed by atoms with van der Waals surface area (Å²) >= 11 is 2.86. The van der Waals surface area contributed by atoms with Crippen LogP contribution in [0.5, 0.6) is 0 Å². The zero-order valence-corrected chi connectivity index (χ0v) is 14.5. The Morgan fingerprint density at radius 1 is 1.33 bits per heavy atom. The molecule has 0 unspecified atom stereocenters. The van der Waals surface area contributed by atoms with Crippen molar-refractivity contribution < 1.29 is 8.42 Å². The first-order valence-corrected chi connectivity index (χ1v) is 9.89. The SMILES string of the molecule is CCNCc1ccc(S(=O)(=O)NCCc2nc(C)cs2)s1. The van der Waals surface area contributed by atoms with Crippen molar-refractivity contribution in [1.29, 1.82) is 0 Å². The average Bonchev–Trinajstić information content (AvgIpc) is 3.06. The van der Waals surface area contributed by atoms with Crippen LogP contribution in [0.25, 0.3) is 0 Å². The summed E-state index contributed by atoms with van der Waals surface area (Å²) in [5.74, 6) is 0. The summed E-state index contributed by atoms with van der Waals surface area (Å²) in [6.45, 7) is 5.89. The number of hydrogen-bond donors (Lipinski definition) is 2. The molecule has 0 fully saturated rings. The van der Waals surface area contributed by atoms with Gasteiger partial charge in [0.1, 0.15) is 4.21 Å². The summed E-state index contributed by atoms with van der Waals surface area (Å²) < 4.78 is 27.4. The molecule has 0 amide bonds. The molecule has 0 saturated carbocycles. The Bertz CT molecular complexity index is 676. The highest BCUT2D eigenvalue weighted by Gasteiger charge is 2.16. The maximum Gasteiger partial charge on any atom is 0.250 e. The summed E-state index contributed by atoms with van der Waals surface area (Å²) in [5.41, 5.74) is 0.976. The van der Waals surface area contributed by atoms with E-state index in [4.69, 9.17) is 0 Å². The summed E-state index contributed by atoms with van der Waals surface area (Å²) in [5, 5.41) is 6.11.